The predicted molar refractivity (Wildman–Crippen MR) is 137 cm³/mol. The number of anilines is 1. The molecular weight excluding hydrogens is 494 g/mol. The van der Waals surface area contributed by atoms with Gasteiger partial charge in [0, 0.05) is 23.1 Å². The molecule has 4 rings (SSSR count). The number of hydrogen-bond acceptors (Lipinski definition) is 8. The van der Waals surface area contributed by atoms with E-state index in [1.165, 1.54) is 47.0 Å². The molecule has 0 N–H and O–H groups in total. The zero-order valence-electron chi connectivity index (χ0n) is 17.5. The summed E-state index contributed by atoms with van der Waals surface area (Å²) in [5, 5.41) is 22.8. The number of hydrogen-bond donors (Lipinski definition) is 0. The van der Waals surface area contributed by atoms with Crippen molar-refractivity contribution in [2.75, 3.05) is 4.90 Å². The molecule has 1 amide bonds. The first-order valence-electron chi connectivity index (χ1n) is 9.78. The van der Waals surface area contributed by atoms with E-state index in [1.807, 2.05) is 31.2 Å². The maximum atomic E-state index is 13.0. The zero-order chi connectivity index (χ0) is 24.4. The predicted octanol–water partition coefficient (Wildman–Crippen LogP) is 6.37. The van der Waals surface area contributed by atoms with Gasteiger partial charge in [-0.3, -0.25) is 29.9 Å². The summed E-state index contributed by atoms with van der Waals surface area (Å²) in [6, 6.07) is 18.1. The Labute approximate surface area is 208 Å². The van der Waals surface area contributed by atoms with Crippen LogP contribution in [0.3, 0.4) is 0 Å². The summed E-state index contributed by atoms with van der Waals surface area (Å²) in [6.07, 6.45) is 1.53. The topological polar surface area (TPSA) is 107 Å². The number of nitro groups is 2. The number of amides is 1. The molecule has 1 aliphatic heterocycles. The zero-order valence-corrected chi connectivity index (χ0v) is 20.0. The van der Waals surface area contributed by atoms with Gasteiger partial charge in [0.25, 0.3) is 17.3 Å². The van der Waals surface area contributed by atoms with Gasteiger partial charge in [0.2, 0.25) is 0 Å². The largest absolute Gasteiger partial charge is 0.283 e. The lowest BCUT2D eigenvalue weighted by molar-refractivity contribution is -0.387. The molecule has 0 saturated carbocycles. The number of nitrogens with zero attached hydrogens (tertiary/aromatic N) is 3. The molecular formula is C23H15N3O5S3. The number of thiocarbonyl (C=S) groups is 1. The Bertz CT molecular complexity index is 1370. The fraction of sp³-hybridized carbons (Fsp3) is 0.0435. The van der Waals surface area contributed by atoms with E-state index in [4.69, 9.17) is 12.2 Å². The summed E-state index contributed by atoms with van der Waals surface area (Å²) in [5.41, 5.74) is 1.62. The fourth-order valence-corrected chi connectivity index (χ4v) is 5.37. The lowest BCUT2D eigenvalue weighted by atomic mass is 10.2. The molecule has 0 unspecified atom stereocenters. The highest BCUT2D eigenvalue weighted by atomic mass is 32.2. The van der Waals surface area contributed by atoms with Gasteiger partial charge >= 0.3 is 0 Å². The molecule has 0 aliphatic carbocycles. The summed E-state index contributed by atoms with van der Waals surface area (Å²) in [7, 11) is 0. The van der Waals surface area contributed by atoms with E-state index in [0.29, 0.717) is 10.5 Å². The molecule has 1 heterocycles. The second-order valence-corrected chi connectivity index (χ2v) is 9.98. The van der Waals surface area contributed by atoms with E-state index < -0.39 is 15.8 Å². The van der Waals surface area contributed by atoms with Crippen LogP contribution < -0.4 is 4.90 Å². The smallest absolute Gasteiger partial charge is 0.268 e. The highest BCUT2D eigenvalue weighted by Gasteiger charge is 2.34. The van der Waals surface area contributed by atoms with Crippen molar-refractivity contribution in [2.45, 2.75) is 16.7 Å². The lowest BCUT2D eigenvalue weighted by Crippen LogP contribution is -2.27. The molecule has 1 fully saturated rings. The normalized spacial score (nSPS) is 14.6. The first-order valence-corrected chi connectivity index (χ1v) is 11.8. The van der Waals surface area contributed by atoms with Crippen LogP contribution in [-0.2, 0) is 4.79 Å². The average Bonchev–Trinajstić information content (AvgIpc) is 3.08. The quantitative estimate of drug-likeness (QED) is 0.163. The standard InChI is InChI=1S/C23H15N3O5S3/c1-14-5-8-18(9-6-14)33-20-10-7-15(11-19(20)26(30)31)12-21-22(27)24(23(32)34-21)16-3-2-4-17(13-16)25(28)29/h2-13H,1H3. The van der Waals surface area contributed by atoms with E-state index in [0.717, 1.165) is 22.2 Å². The number of nitro benzene ring substituents is 2. The molecule has 0 atom stereocenters. The first kappa shape index (κ1) is 23.6. The summed E-state index contributed by atoms with van der Waals surface area (Å²) >= 11 is 7.64. The van der Waals surface area contributed by atoms with Gasteiger partial charge in [-0.1, -0.05) is 65.6 Å². The number of rotatable bonds is 6. The Morgan fingerprint density at radius 2 is 1.74 bits per heavy atom. The second kappa shape index (κ2) is 9.75. The molecule has 0 radical (unpaired) electrons. The van der Waals surface area contributed by atoms with Crippen LogP contribution >= 0.6 is 35.7 Å². The van der Waals surface area contributed by atoms with Crippen LogP contribution in [0.5, 0.6) is 0 Å². The fourth-order valence-electron chi connectivity index (χ4n) is 3.17. The molecule has 170 valence electrons. The molecule has 3 aromatic rings. The second-order valence-electron chi connectivity index (χ2n) is 7.19. The van der Waals surface area contributed by atoms with E-state index >= 15 is 0 Å². The van der Waals surface area contributed by atoms with Crippen molar-refractivity contribution in [3.8, 4) is 0 Å². The molecule has 11 heteroatoms. The number of carbonyl (C=O) groups excluding carboxylic acids is 1. The first-order chi connectivity index (χ1) is 16.2. The third kappa shape index (κ3) is 5.01. The van der Waals surface area contributed by atoms with Gasteiger partial charge in [0.15, 0.2) is 4.32 Å². The van der Waals surface area contributed by atoms with Crippen LogP contribution in [0.2, 0.25) is 0 Å². The minimum atomic E-state index is -0.549. The number of aryl methyl sites for hydroxylation is 1. The Morgan fingerprint density at radius 3 is 2.41 bits per heavy atom. The third-order valence-electron chi connectivity index (χ3n) is 4.82. The maximum absolute atomic E-state index is 13.0. The van der Waals surface area contributed by atoms with Crippen LogP contribution in [0.15, 0.2) is 81.4 Å². The Balaban J connectivity index is 1.63. The van der Waals surface area contributed by atoms with Crippen molar-refractivity contribution >= 4 is 69.1 Å². The van der Waals surface area contributed by atoms with Gasteiger partial charge in [-0.2, -0.15) is 0 Å². The Morgan fingerprint density at radius 1 is 1.00 bits per heavy atom. The number of non-ortho nitro benzene ring substituents is 1. The summed E-state index contributed by atoms with van der Waals surface area (Å²) in [5.74, 6) is -0.448. The summed E-state index contributed by atoms with van der Waals surface area (Å²) < 4.78 is 0.220. The van der Waals surface area contributed by atoms with Crippen LogP contribution in [0.1, 0.15) is 11.1 Å². The molecule has 34 heavy (non-hydrogen) atoms. The number of carbonyl (C=O) groups is 1. The van der Waals surface area contributed by atoms with Gasteiger partial charge in [-0.25, -0.2) is 0 Å². The third-order valence-corrected chi connectivity index (χ3v) is 7.19. The van der Waals surface area contributed by atoms with Gasteiger partial charge in [-0.05, 0) is 42.8 Å². The maximum Gasteiger partial charge on any atom is 0.283 e. The molecule has 1 aliphatic rings. The SMILES string of the molecule is Cc1ccc(Sc2ccc(C=C3SC(=S)N(c4cccc([N+](=O)[O-])c4)C3=O)cc2[N+](=O)[O-])cc1. The molecule has 0 bridgehead atoms. The Hall–Kier alpha value is -3.54. The van der Waals surface area contributed by atoms with Crippen LogP contribution in [0.4, 0.5) is 17.1 Å². The van der Waals surface area contributed by atoms with E-state index in [-0.39, 0.29) is 26.3 Å². The van der Waals surface area contributed by atoms with E-state index in [1.54, 1.807) is 18.2 Å². The van der Waals surface area contributed by atoms with Crippen LogP contribution in [-0.4, -0.2) is 20.1 Å². The summed E-state index contributed by atoms with van der Waals surface area (Å²) in [6.45, 7) is 1.97. The van der Waals surface area contributed by atoms with Gasteiger partial charge in [0.1, 0.15) is 0 Å². The number of thioether (sulfide) groups is 1. The molecule has 0 aromatic heterocycles. The molecule has 3 aromatic carbocycles. The average molecular weight is 510 g/mol. The lowest BCUT2D eigenvalue weighted by Gasteiger charge is -2.13. The monoisotopic (exact) mass is 509 g/mol. The highest BCUT2D eigenvalue weighted by molar-refractivity contribution is 8.27. The van der Waals surface area contributed by atoms with Gasteiger partial charge < -0.3 is 0 Å². The van der Waals surface area contributed by atoms with Crippen molar-refractivity contribution < 1.29 is 14.6 Å². The van der Waals surface area contributed by atoms with Crippen molar-refractivity contribution in [1.82, 2.24) is 0 Å². The van der Waals surface area contributed by atoms with Gasteiger partial charge in [0.05, 0.1) is 25.3 Å². The van der Waals surface area contributed by atoms with Crippen LogP contribution in [0, 0.1) is 27.2 Å². The Kier molecular flexibility index (Phi) is 6.77. The van der Waals surface area contributed by atoms with Crippen molar-refractivity contribution in [2.24, 2.45) is 0 Å². The summed E-state index contributed by atoms with van der Waals surface area (Å²) in [4.78, 5) is 37.6. The van der Waals surface area contributed by atoms with Gasteiger partial charge in [-0.15, -0.1) is 0 Å². The molecule has 0 spiro atoms. The van der Waals surface area contributed by atoms with Crippen LogP contribution in [0.25, 0.3) is 6.08 Å². The minimum absolute atomic E-state index is 0.0755. The van der Waals surface area contributed by atoms with E-state index in [2.05, 4.69) is 0 Å². The van der Waals surface area contributed by atoms with Crippen molar-refractivity contribution in [1.29, 1.82) is 0 Å². The highest BCUT2D eigenvalue weighted by Crippen LogP contribution is 2.39. The van der Waals surface area contributed by atoms with Crippen molar-refractivity contribution in [3.63, 3.8) is 0 Å². The number of benzene rings is 3. The molecule has 1 saturated heterocycles. The van der Waals surface area contributed by atoms with E-state index in [9.17, 15) is 25.0 Å². The minimum Gasteiger partial charge on any atom is -0.268 e. The molecule has 8 nitrogen and oxygen atoms in total. The van der Waals surface area contributed by atoms with Crippen molar-refractivity contribution in [3.05, 3.63) is 103 Å².